The predicted molar refractivity (Wildman–Crippen MR) is 95.4 cm³/mol. The fraction of sp³-hybridized carbons (Fsp3) is 0.222. The Balaban J connectivity index is 1.98. The highest BCUT2D eigenvalue weighted by Crippen LogP contribution is 2.22. The van der Waals surface area contributed by atoms with Crippen molar-refractivity contribution in [1.29, 1.82) is 0 Å². The van der Waals surface area contributed by atoms with Gasteiger partial charge in [-0.05, 0) is 32.0 Å². The van der Waals surface area contributed by atoms with Crippen LogP contribution in [0.2, 0.25) is 0 Å². The number of carbonyl (C=O) groups excluding carboxylic acids is 2. The molecule has 0 saturated heterocycles. The van der Waals surface area contributed by atoms with Crippen molar-refractivity contribution in [2.24, 2.45) is 0 Å². The van der Waals surface area contributed by atoms with Gasteiger partial charge in [-0.2, -0.15) is 10.2 Å². The highest BCUT2D eigenvalue weighted by atomic mass is 16.5. The van der Waals surface area contributed by atoms with Crippen molar-refractivity contribution in [2.75, 3.05) is 11.9 Å². The zero-order chi connectivity index (χ0) is 18.5. The Morgan fingerprint density at radius 1 is 1.15 bits per heavy atom. The third-order valence-corrected chi connectivity index (χ3v) is 3.69. The van der Waals surface area contributed by atoms with Crippen LogP contribution in [0.15, 0.2) is 48.8 Å². The van der Waals surface area contributed by atoms with Gasteiger partial charge in [0.2, 0.25) is 0 Å². The lowest BCUT2D eigenvalue weighted by molar-refractivity contribution is 0.0527. The number of amides is 1. The summed E-state index contributed by atoms with van der Waals surface area (Å²) in [4.78, 5) is 24.8. The topological polar surface area (TPSA) is 91.0 Å². The first-order chi connectivity index (χ1) is 12.6. The summed E-state index contributed by atoms with van der Waals surface area (Å²) in [6.45, 7) is 4.53. The van der Waals surface area contributed by atoms with Crippen molar-refractivity contribution in [2.45, 2.75) is 20.4 Å². The number of nitrogens with zero attached hydrogens (tertiary/aromatic N) is 4. The predicted octanol–water partition coefficient (Wildman–Crippen LogP) is 2.52. The molecule has 2 aromatic heterocycles. The van der Waals surface area contributed by atoms with Gasteiger partial charge in [0, 0.05) is 12.7 Å². The average Bonchev–Trinajstić information content (AvgIpc) is 3.29. The maximum absolute atomic E-state index is 12.6. The second kappa shape index (κ2) is 7.64. The molecule has 0 aliphatic heterocycles. The molecule has 26 heavy (non-hydrogen) atoms. The molecule has 0 atom stereocenters. The van der Waals surface area contributed by atoms with Gasteiger partial charge in [-0.15, -0.1) is 0 Å². The Hall–Kier alpha value is -3.42. The van der Waals surface area contributed by atoms with E-state index in [9.17, 15) is 9.59 Å². The van der Waals surface area contributed by atoms with Crippen LogP contribution in [0.5, 0.6) is 0 Å². The summed E-state index contributed by atoms with van der Waals surface area (Å²) >= 11 is 0. The Morgan fingerprint density at radius 2 is 1.92 bits per heavy atom. The van der Waals surface area contributed by atoms with Crippen molar-refractivity contribution in [3.63, 3.8) is 0 Å². The largest absolute Gasteiger partial charge is 0.462 e. The molecular formula is C18H19N5O3. The lowest BCUT2D eigenvalue weighted by Crippen LogP contribution is -2.19. The molecule has 8 heteroatoms. The Bertz CT molecular complexity index is 914. The van der Waals surface area contributed by atoms with Crippen LogP contribution in [0.4, 0.5) is 5.82 Å². The molecule has 0 radical (unpaired) electrons. The summed E-state index contributed by atoms with van der Waals surface area (Å²) in [6.07, 6.45) is 3.10. The normalized spacial score (nSPS) is 10.5. The lowest BCUT2D eigenvalue weighted by Gasteiger charge is -2.10. The van der Waals surface area contributed by atoms with Crippen LogP contribution >= 0.6 is 0 Å². The van der Waals surface area contributed by atoms with Crippen LogP contribution in [-0.4, -0.2) is 38.0 Å². The molecule has 3 aromatic rings. The summed E-state index contributed by atoms with van der Waals surface area (Å²) in [6, 6.07) is 10.8. The number of carbonyl (C=O) groups is 2. The number of rotatable bonds is 6. The molecule has 0 fully saturated rings. The molecule has 0 bridgehead atoms. The number of hydrogen-bond donors (Lipinski definition) is 1. The quantitative estimate of drug-likeness (QED) is 0.688. The van der Waals surface area contributed by atoms with Crippen molar-refractivity contribution < 1.29 is 14.3 Å². The number of aryl methyl sites for hydroxylation is 1. The van der Waals surface area contributed by atoms with Gasteiger partial charge in [0.05, 0.1) is 18.5 Å². The minimum absolute atomic E-state index is 0.180. The van der Waals surface area contributed by atoms with Gasteiger partial charge in [0.15, 0.2) is 11.5 Å². The molecule has 0 spiro atoms. The molecule has 0 aliphatic rings. The number of para-hydroxylation sites is 1. The van der Waals surface area contributed by atoms with Gasteiger partial charge in [0.1, 0.15) is 5.56 Å². The van der Waals surface area contributed by atoms with Gasteiger partial charge < -0.3 is 10.1 Å². The Morgan fingerprint density at radius 3 is 2.58 bits per heavy atom. The molecular weight excluding hydrogens is 334 g/mol. The molecule has 0 aliphatic carbocycles. The number of aromatic nitrogens is 4. The van der Waals surface area contributed by atoms with Gasteiger partial charge in [-0.1, -0.05) is 18.2 Å². The number of nitrogens with one attached hydrogen (secondary N) is 1. The molecule has 2 heterocycles. The minimum atomic E-state index is -0.552. The molecule has 1 aromatic carbocycles. The monoisotopic (exact) mass is 353 g/mol. The van der Waals surface area contributed by atoms with E-state index in [1.54, 1.807) is 23.9 Å². The van der Waals surface area contributed by atoms with Crippen LogP contribution < -0.4 is 5.32 Å². The van der Waals surface area contributed by atoms with Gasteiger partial charge in [0.25, 0.3) is 5.91 Å². The van der Waals surface area contributed by atoms with Gasteiger partial charge in [-0.25, -0.2) is 9.48 Å². The fourth-order valence-electron chi connectivity index (χ4n) is 2.42. The molecule has 0 saturated carbocycles. The van der Waals surface area contributed by atoms with E-state index in [4.69, 9.17) is 4.74 Å². The maximum atomic E-state index is 12.6. The molecule has 1 amide bonds. The van der Waals surface area contributed by atoms with Crippen LogP contribution in [0.25, 0.3) is 5.69 Å². The Kier molecular flexibility index (Phi) is 5.12. The molecule has 0 unspecified atom stereocenters. The maximum Gasteiger partial charge on any atom is 0.343 e. The van der Waals surface area contributed by atoms with Crippen molar-refractivity contribution in [3.05, 3.63) is 60.0 Å². The van der Waals surface area contributed by atoms with E-state index >= 15 is 0 Å². The van der Waals surface area contributed by atoms with E-state index in [-0.39, 0.29) is 23.7 Å². The number of ether oxygens (including phenoxy) is 1. The Labute approximate surface area is 150 Å². The fourth-order valence-corrected chi connectivity index (χ4v) is 2.42. The second-order valence-electron chi connectivity index (χ2n) is 5.39. The lowest BCUT2D eigenvalue weighted by atomic mass is 10.3. The highest BCUT2D eigenvalue weighted by Gasteiger charge is 2.22. The molecule has 8 nitrogen and oxygen atoms in total. The molecule has 134 valence electrons. The third-order valence-electron chi connectivity index (χ3n) is 3.69. The number of anilines is 1. The zero-order valence-corrected chi connectivity index (χ0v) is 14.5. The SMILES string of the molecule is CCOC(=O)c1cnn(-c2ccccc2)c1NC(=O)c1ccn(CC)n1. The van der Waals surface area contributed by atoms with E-state index in [0.717, 1.165) is 0 Å². The second-order valence-corrected chi connectivity index (χ2v) is 5.39. The van der Waals surface area contributed by atoms with E-state index in [1.165, 1.54) is 10.9 Å². The summed E-state index contributed by atoms with van der Waals surface area (Å²) in [5.41, 5.74) is 1.14. The first-order valence-corrected chi connectivity index (χ1v) is 8.29. The van der Waals surface area contributed by atoms with E-state index in [0.29, 0.717) is 12.2 Å². The number of hydrogen-bond acceptors (Lipinski definition) is 5. The van der Waals surface area contributed by atoms with Crippen LogP contribution in [0, 0.1) is 0 Å². The smallest absolute Gasteiger partial charge is 0.343 e. The zero-order valence-electron chi connectivity index (χ0n) is 14.5. The first-order valence-electron chi connectivity index (χ1n) is 8.29. The summed E-state index contributed by atoms with van der Waals surface area (Å²) < 4.78 is 8.20. The van der Waals surface area contributed by atoms with Crippen molar-refractivity contribution >= 4 is 17.7 Å². The van der Waals surface area contributed by atoms with Gasteiger partial charge >= 0.3 is 5.97 Å². The van der Waals surface area contributed by atoms with Crippen molar-refractivity contribution in [3.8, 4) is 5.69 Å². The molecule has 3 rings (SSSR count). The van der Waals surface area contributed by atoms with Crippen LogP contribution in [-0.2, 0) is 11.3 Å². The standard InChI is InChI=1S/C18H19N5O3/c1-3-22-11-10-15(21-22)17(24)20-16-14(18(25)26-4-2)12-19-23(16)13-8-6-5-7-9-13/h5-12H,3-4H2,1-2H3,(H,20,24). The first kappa shape index (κ1) is 17.4. The van der Waals surface area contributed by atoms with Gasteiger partial charge in [-0.3, -0.25) is 9.48 Å². The number of esters is 1. The van der Waals surface area contributed by atoms with E-state index in [2.05, 4.69) is 15.5 Å². The summed E-state index contributed by atoms with van der Waals surface area (Å²) in [7, 11) is 0. The number of benzene rings is 1. The average molecular weight is 353 g/mol. The van der Waals surface area contributed by atoms with Crippen LogP contribution in [0.1, 0.15) is 34.7 Å². The van der Waals surface area contributed by atoms with Crippen molar-refractivity contribution in [1.82, 2.24) is 19.6 Å². The summed E-state index contributed by atoms with van der Waals surface area (Å²) in [5.74, 6) is -0.741. The van der Waals surface area contributed by atoms with Crippen LogP contribution in [0.3, 0.4) is 0 Å². The third kappa shape index (κ3) is 3.49. The minimum Gasteiger partial charge on any atom is -0.462 e. The van der Waals surface area contributed by atoms with E-state index < -0.39 is 11.9 Å². The summed E-state index contributed by atoms with van der Waals surface area (Å²) in [5, 5.41) is 11.2. The highest BCUT2D eigenvalue weighted by molar-refractivity contribution is 6.06. The molecule has 1 N–H and O–H groups in total. The van der Waals surface area contributed by atoms with E-state index in [1.807, 2.05) is 37.3 Å².